The number of likely N-dealkylation sites (N-methyl/N-ethyl adjacent to an activating group) is 1. The lowest BCUT2D eigenvalue weighted by Crippen LogP contribution is -2.44. The van der Waals surface area contributed by atoms with Crippen LogP contribution in [-0.4, -0.2) is 66.3 Å². The van der Waals surface area contributed by atoms with E-state index in [2.05, 4.69) is 0 Å². The smallest absolute Gasteiger partial charge is 0.336 e. The third-order valence-electron chi connectivity index (χ3n) is 5.86. The second-order valence-electron chi connectivity index (χ2n) is 7.74. The first kappa shape index (κ1) is 16.4. The summed E-state index contributed by atoms with van der Waals surface area (Å²) in [7, 11) is 3.78. The van der Waals surface area contributed by atoms with Gasteiger partial charge < -0.3 is 19.1 Å². The summed E-state index contributed by atoms with van der Waals surface area (Å²) in [5.74, 6) is -1.10. The molecule has 7 heteroatoms. The number of nitrogens with zero attached hydrogens (tertiary/aromatic N) is 1. The summed E-state index contributed by atoms with van der Waals surface area (Å²) in [4.78, 5) is 26.5. The van der Waals surface area contributed by atoms with Gasteiger partial charge in [-0.2, -0.15) is 0 Å². The van der Waals surface area contributed by atoms with Crippen molar-refractivity contribution in [3.05, 3.63) is 11.6 Å². The topological polar surface area (TPSA) is 68.4 Å². The van der Waals surface area contributed by atoms with Gasteiger partial charge in [0.25, 0.3) is 0 Å². The predicted octanol–water partition coefficient (Wildman–Crippen LogP) is 1.11. The van der Waals surface area contributed by atoms with Gasteiger partial charge in [-0.25, -0.2) is 4.79 Å². The molecule has 8 unspecified atom stereocenters. The van der Waals surface area contributed by atoms with Crippen LogP contribution in [0.1, 0.15) is 20.3 Å². The second-order valence-corrected chi connectivity index (χ2v) is 8.25. The molecule has 0 aromatic heterocycles. The summed E-state index contributed by atoms with van der Waals surface area (Å²) in [6.45, 7) is 3.83. The summed E-state index contributed by atoms with van der Waals surface area (Å²) in [5.41, 5.74) is 0.115. The van der Waals surface area contributed by atoms with Crippen molar-refractivity contribution in [1.29, 1.82) is 0 Å². The van der Waals surface area contributed by atoms with Crippen molar-refractivity contribution in [3.8, 4) is 0 Å². The number of epoxide rings is 1. The Morgan fingerprint density at radius 2 is 2.00 bits per heavy atom. The molecule has 8 atom stereocenters. The van der Waals surface area contributed by atoms with E-state index in [-0.39, 0.29) is 47.4 Å². The highest BCUT2D eigenvalue weighted by molar-refractivity contribution is 6.22. The zero-order valence-corrected chi connectivity index (χ0v) is 14.9. The number of hydrogen-bond acceptors (Lipinski definition) is 6. The average molecular weight is 356 g/mol. The fraction of sp³-hybridized carbons (Fsp3) is 0.765. The average Bonchev–Trinajstić information content (AvgIpc) is 2.89. The minimum atomic E-state index is -0.454. The fourth-order valence-corrected chi connectivity index (χ4v) is 5.17. The van der Waals surface area contributed by atoms with Crippen LogP contribution in [0.2, 0.25) is 0 Å². The monoisotopic (exact) mass is 355 g/mol. The molecule has 24 heavy (non-hydrogen) atoms. The Morgan fingerprint density at radius 1 is 1.29 bits per heavy atom. The largest absolute Gasteiger partial charge is 0.462 e. The van der Waals surface area contributed by atoms with Crippen molar-refractivity contribution in [3.63, 3.8) is 0 Å². The Morgan fingerprint density at radius 3 is 2.67 bits per heavy atom. The molecule has 2 fully saturated rings. The number of carbonyl (C=O) groups is 2. The van der Waals surface area contributed by atoms with Crippen LogP contribution in [0.25, 0.3) is 0 Å². The zero-order chi connectivity index (χ0) is 17.4. The molecule has 0 saturated carbocycles. The molecule has 0 aromatic rings. The molecule has 2 bridgehead atoms. The summed E-state index contributed by atoms with van der Waals surface area (Å²) in [5, 5.41) is -0.381. The summed E-state index contributed by atoms with van der Waals surface area (Å²) in [6, 6.07) is -0.291. The highest BCUT2D eigenvalue weighted by atomic mass is 35.5. The van der Waals surface area contributed by atoms with E-state index in [1.807, 2.05) is 38.9 Å². The van der Waals surface area contributed by atoms with Crippen molar-refractivity contribution in [2.75, 3.05) is 14.1 Å². The van der Waals surface area contributed by atoms with Gasteiger partial charge in [0.15, 0.2) is 0 Å². The molecule has 2 saturated heterocycles. The minimum absolute atomic E-state index is 0.185. The summed E-state index contributed by atoms with van der Waals surface area (Å²) in [6.07, 6.45) is 1.44. The molecule has 0 radical (unpaired) electrons. The third kappa shape index (κ3) is 2.23. The Labute approximate surface area is 146 Å². The number of ether oxygens (including phenoxy) is 3. The summed E-state index contributed by atoms with van der Waals surface area (Å²) >= 11 is 6.70. The highest BCUT2D eigenvalue weighted by Crippen LogP contribution is 2.51. The van der Waals surface area contributed by atoms with E-state index < -0.39 is 11.7 Å². The molecule has 0 spiro atoms. The van der Waals surface area contributed by atoms with Crippen LogP contribution >= 0.6 is 11.6 Å². The Hall–Kier alpha value is -1.11. The molecular formula is C17H22ClNO5. The third-order valence-corrected chi connectivity index (χ3v) is 6.33. The number of fused-ring (bicyclic) bond motifs is 4. The van der Waals surface area contributed by atoms with Crippen molar-refractivity contribution in [2.24, 2.45) is 11.8 Å². The van der Waals surface area contributed by atoms with Crippen LogP contribution in [0.3, 0.4) is 0 Å². The van der Waals surface area contributed by atoms with Gasteiger partial charge in [-0.3, -0.25) is 4.79 Å². The van der Waals surface area contributed by atoms with Crippen LogP contribution in [0.5, 0.6) is 0 Å². The van der Waals surface area contributed by atoms with Gasteiger partial charge in [0.1, 0.15) is 18.3 Å². The van der Waals surface area contributed by atoms with Crippen LogP contribution < -0.4 is 0 Å². The quantitative estimate of drug-likeness (QED) is 0.399. The van der Waals surface area contributed by atoms with Gasteiger partial charge in [-0.1, -0.05) is 6.92 Å². The number of esters is 2. The van der Waals surface area contributed by atoms with Gasteiger partial charge in [0.05, 0.1) is 28.5 Å². The van der Waals surface area contributed by atoms with Gasteiger partial charge in [0, 0.05) is 12.3 Å². The molecule has 4 aliphatic rings. The maximum atomic E-state index is 12.5. The Kier molecular flexibility index (Phi) is 3.54. The van der Waals surface area contributed by atoms with Crippen LogP contribution in [0.15, 0.2) is 11.6 Å². The van der Waals surface area contributed by atoms with Gasteiger partial charge in [0.2, 0.25) is 0 Å². The molecule has 0 amide bonds. The van der Waals surface area contributed by atoms with E-state index in [4.69, 9.17) is 25.8 Å². The molecule has 6 nitrogen and oxygen atoms in total. The van der Waals surface area contributed by atoms with E-state index in [0.717, 1.165) is 0 Å². The van der Waals surface area contributed by atoms with Crippen LogP contribution in [0, 0.1) is 11.8 Å². The first-order valence-electron chi connectivity index (χ1n) is 8.34. The molecule has 3 aliphatic heterocycles. The highest BCUT2D eigenvalue weighted by Gasteiger charge is 2.63. The number of alkyl halides is 1. The van der Waals surface area contributed by atoms with E-state index in [0.29, 0.717) is 12.0 Å². The first-order chi connectivity index (χ1) is 11.2. The molecule has 4 rings (SSSR count). The second kappa shape index (κ2) is 5.19. The maximum absolute atomic E-state index is 12.5. The zero-order valence-electron chi connectivity index (χ0n) is 14.2. The molecular weight excluding hydrogens is 334 g/mol. The van der Waals surface area contributed by atoms with Crippen LogP contribution in [-0.2, 0) is 23.8 Å². The number of rotatable bonds is 1. The van der Waals surface area contributed by atoms with E-state index in [1.54, 1.807) is 0 Å². The summed E-state index contributed by atoms with van der Waals surface area (Å²) < 4.78 is 17.1. The normalized spacial score (nSPS) is 49.9. The van der Waals surface area contributed by atoms with E-state index >= 15 is 0 Å². The Bertz CT molecular complexity index is 634. The first-order valence-corrected chi connectivity index (χ1v) is 8.78. The standard InChI is InChI=1S/C17H22ClNO5/c1-7-11-9-5-8(16(21)22-9)13(19(3)4)12(18)14-17(2,24-14)6-10(11)23-15(7)20/h5,7,9-14H,6H2,1-4H3. The SMILES string of the molecule is CC1C(=O)OC2CC3(C)OC3C(Cl)C(N(C)C)C3=CC(OC3=O)C21. The van der Waals surface area contributed by atoms with Gasteiger partial charge >= 0.3 is 11.9 Å². The van der Waals surface area contributed by atoms with Crippen molar-refractivity contribution >= 4 is 23.5 Å². The lowest BCUT2D eigenvalue weighted by molar-refractivity contribution is -0.144. The van der Waals surface area contributed by atoms with Crippen molar-refractivity contribution in [1.82, 2.24) is 4.90 Å². The minimum Gasteiger partial charge on any atom is -0.462 e. The maximum Gasteiger partial charge on any atom is 0.336 e. The molecule has 0 N–H and O–H groups in total. The number of carbonyl (C=O) groups excluding carboxylic acids is 2. The Balaban J connectivity index is 1.78. The van der Waals surface area contributed by atoms with Crippen molar-refractivity contribution in [2.45, 2.75) is 55.6 Å². The lowest BCUT2D eigenvalue weighted by atomic mass is 9.80. The molecule has 132 valence electrons. The lowest BCUT2D eigenvalue weighted by Gasteiger charge is -2.29. The van der Waals surface area contributed by atoms with Crippen LogP contribution in [0.4, 0.5) is 0 Å². The van der Waals surface area contributed by atoms with E-state index in [1.165, 1.54) is 0 Å². The van der Waals surface area contributed by atoms with Crippen molar-refractivity contribution < 1.29 is 23.8 Å². The molecule has 0 aromatic carbocycles. The number of halogens is 1. The van der Waals surface area contributed by atoms with Gasteiger partial charge in [-0.15, -0.1) is 11.6 Å². The predicted molar refractivity (Wildman–Crippen MR) is 85.5 cm³/mol. The number of hydrogen-bond donors (Lipinski definition) is 0. The molecule has 1 aliphatic carbocycles. The fourth-order valence-electron chi connectivity index (χ4n) is 4.49. The van der Waals surface area contributed by atoms with E-state index in [9.17, 15) is 9.59 Å². The molecule has 3 heterocycles. The van der Waals surface area contributed by atoms with Gasteiger partial charge in [-0.05, 0) is 27.1 Å².